The molecule has 1 atom stereocenters. The first-order chi connectivity index (χ1) is 10.7. The molecule has 0 radical (unpaired) electrons. The molecule has 130 valence electrons. The minimum Gasteiger partial charge on any atom is -0.357 e. The number of aliphatic imine (C=N–C) groups is 1. The summed E-state index contributed by atoms with van der Waals surface area (Å²) >= 11 is 1.77. The van der Waals surface area contributed by atoms with Crippen molar-refractivity contribution in [3.8, 4) is 0 Å². The van der Waals surface area contributed by atoms with Gasteiger partial charge in [-0.15, -0.1) is 35.3 Å². The number of amides is 1. The van der Waals surface area contributed by atoms with Crippen LogP contribution in [0.2, 0.25) is 0 Å². The number of carbonyl (C=O) groups is 1. The highest BCUT2D eigenvalue weighted by atomic mass is 127. The Morgan fingerprint density at radius 1 is 1.48 bits per heavy atom. The Hall–Kier alpha value is -0.830. The largest absolute Gasteiger partial charge is 0.357 e. The van der Waals surface area contributed by atoms with Crippen LogP contribution in [-0.4, -0.2) is 49.0 Å². The predicted octanol–water partition coefficient (Wildman–Crippen LogP) is 2.47. The molecule has 1 aliphatic heterocycles. The summed E-state index contributed by atoms with van der Waals surface area (Å²) in [5, 5.41) is 8.84. The molecule has 0 aliphatic carbocycles. The zero-order valence-electron chi connectivity index (χ0n) is 13.9. The molecule has 2 N–H and O–H groups in total. The van der Waals surface area contributed by atoms with Gasteiger partial charge in [0.2, 0.25) is 5.91 Å². The second-order valence-corrected chi connectivity index (χ2v) is 6.45. The SMILES string of the molecule is CCNC(=NCCc1cccs1)NC1CCN(C(=O)CC)C1.I. The average Bonchev–Trinajstić information content (AvgIpc) is 3.18. The Morgan fingerprint density at radius 3 is 2.96 bits per heavy atom. The number of rotatable bonds is 6. The van der Waals surface area contributed by atoms with E-state index in [4.69, 9.17) is 0 Å². The van der Waals surface area contributed by atoms with Crippen LogP contribution in [0.3, 0.4) is 0 Å². The topological polar surface area (TPSA) is 56.7 Å². The van der Waals surface area contributed by atoms with Crippen LogP contribution in [-0.2, 0) is 11.2 Å². The molecule has 5 nitrogen and oxygen atoms in total. The third-order valence-electron chi connectivity index (χ3n) is 3.74. The molecule has 7 heteroatoms. The Balaban J connectivity index is 0.00000264. The van der Waals surface area contributed by atoms with Crippen molar-refractivity contribution in [2.75, 3.05) is 26.2 Å². The van der Waals surface area contributed by atoms with E-state index in [1.165, 1.54) is 4.88 Å². The zero-order valence-corrected chi connectivity index (χ0v) is 17.0. The lowest BCUT2D eigenvalue weighted by Gasteiger charge is -2.18. The fourth-order valence-corrected chi connectivity index (χ4v) is 3.27. The summed E-state index contributed by atoms with van der Waals surface area (Å²) in [6, 6.07) is 4.52. The molecular weight excluding hydrogens is 423 g/mol. The van der Waals surface area contributed by atoms with Crippen molar-refractivity contribution in [1.82, 2.24) is 15.5 Å². The van der Waals surface area contributed by atoms with Gasteiger partial charge in [-0.2, -0.15) is 0 Å². The van der Waals surface area contributed by atoms with E-state index in [0.29, 0.717) is 12.5 Å². The van der Waals surface area contributed by atoms with Crippen LogP contribution in [0, 0.1) is 0 Å². The average molecular weight is 450 g/mol. The summed E-state index contributed by atoms with van der Waals surface area (Å²) in [6.45, 7) is 7.23. The van der Waals surface area contributed by atoms with Gasteiger partial charge in [0.25, 0.3) is 0 Å². The monoisotopic (exact) mass is 450 g/mol. The summed E-state index contributed by atoms with van der Waals surface area (Å²) in [4.78, 5) is 19.7. The first-order valence-corrected chi connectivity index (χ1v) is 8.95. The Bertz CT molecular complexity index is 492. The van der Waals surface area contributed by atoms with Gasteiger partial charge in [0.1, 0.15) is 0 Å². The van der Waals surface area contributed by atoms with Gasteiger partial charge in [0.05, 0.1) is 0 Å². The first kappa shape index (κ1) is 20.2. The van der Waals surface area contributed by atoms with E-state index in [1.54, 1.807) is 11.3 Å². The highest BCUT2D eigenvalue weighted by molar-refractivity contribution is 14.0. The van der Waals surface area contributed by atoms with Crippen molar-refractivity contribution in [2.45, 2.75) is 39.2 Å². The lowest BCUT2D eigenvalue weighted by Crippen LogP contribution is -2.45. The van der Waals surface area contributed by atoms with Gasteiger partial charge in [-0.25, -0.2) is 0 Å². The van der Waals surface area contributed by atoms with Gasteiger partial charge in [0.15, 0.2) is 5.96 Å². The third kappa shape index (κ3) is 6.66. The van der Waals surface area contributed by atoms with Crippen molar-refractivity contribution >= 4 is 47.2 Å². The van der Waals surface area contributed by atoms with Crippen molar-refractivity contribution in [3.63, 3.8) is 0 Å². The van der Waals surface area contributed by atoms with Crippen molar-refractivity contribution in [3.05, 3.63) is 22.4 Å². The van der Waals surface area contributed by atoms with E-state index in [1.807, 2.05) is 11.8 Å². The fourth-order valence-electron chi connectivity index (χ4n) is 2.57. The van der Waals surface area contributed by atoms with Crippen LogP contribution in [0.25, 0.3) is 0 Å². The number of halogens is 1. The molecule has 0 bridgehead atoms. The maximum absolute atomic E-state index is 11.7. The molecule has 1 aromatic heterocycles. The molecule has 1 amide bonds. The predicted molar refractivity (Wildman–Crippen MR) is 108 cm³/mol. The van der Waals surface area contributed by atoms with Gasteiger partial charge < -0.3 is 15.5 Å². The number of guanidine groups is 1. The maximum atomic E-state index is 11.7. The third-order valence-corrected chi connectivity index (χ3v) is 4.67. The second kappa shape index (κ2) is 10.9. The van der Waals surface area contributed by atoms with E-state index in [0.717, 1.165) is 45.0 Å². The van der Waals surface area contributed by atoms with Crippen LogP contribution in [0.4, 0.5) is 0 Å². The molecule has 1 fully saturated rings. The number of likely N-dealkylation sites (tertiary alicyclic amines) is 1. The van der Waals surface area contributed by atoms with Crippen molar-refractivity contribution < 1.29 is 4.79 Å². The molecule has 0 saturated carbocycles. The number of nitrogens with one attached hydrogen (secondary N) is 2. The van der Waals surface area contributed by atoms with Gasteiger partial charge in [-0.3, -0.25) is 9.79 Å². The molecule has 2 rings (SSSR count). The van der Waals surface area contributed by atoms with Crippen molar-refractivity contribution in [2.24, 2.45) is 4.99 Å². The summed E-state index contributed by atoms with van der Waals surface area (Å²) < 4.78 is 0. The molecular formula is C16H27IN4OS. The molecule has 1 aliphatic rings. The number of thiophene rings is 1. The van der Waals surface area contributed by atoms with Crippen LogP contribution < -0.4 is 10.6 Å². The van der Waals surface area contributed by atoms with Gasteiger partial charge in [-0.1, -0.05) is 13.0 Å². The molecule has 1 saturated heterocycles. The molecule has 0 aromatic carbocycles. The van der Waals surface area contributed by atoms with Crippen LogP contribution in [0.5, 0.6) is 0 Å². The molecule has 23 heavy (non-hydrogen) atoms. The summed E-state index contributed by atoms with van der Waals surface area (Å²) in [6.07, 6.45) is 2.54. The number of nitrogens with zero attached hydrogens (tertiary/aromatic N) is 2. The van der Waals surface area contributed by atoms with E-state index >= 15 is 0 Å². The highest BCUT2D eigenvalue weighted by Gasteiger charge is 2.25. The van der Waals surface area contributed by atoms with E-state index in [-0.39, 0.29) is 29.9 Å². The summed E-state index contributed by atoms with van der Waals surface area (Å²) in [5.74, 6) is 1.10. The van der Waals surface area contributed by atoms with Crippen LogP contribution in [0.1, 0.15) is 31.6 Å². The number of carbonyl (C=O) groups excluding carboxylic acids is 1. The summed E-state index contributed by atoms with van der Waals surface area (Å²) in [5.41, 5.74) is 0. The van der Waals surface area contributed by atoms with Gasteiger partial charge in [-0.05, 0) is 24.8 Å². The Labute approximate surface area is 160 Å². The fraction of sp³-hybridized carbons (Fsp3) is 0.625. The van der Waals surface area contributed by atoms with E-state index in [9.17, 15) is 4.79 Å². The normalized spacial score (nSPS) is 17.7. The Morgan fingerprint density at radius 2 is 2.30 bits per heavy atom. The van der Waals surface area contributed by atoms with Crippen LogP contribution >= 0.6 is 35.3 Å². The van der Waals surface area contributed by atoms with E-state index in [2.05, 4.69) is 40.1 Å². The van der Waals surface area contributed by atoms with Crippen LogP contribution in [0.15, 0.2) is 22.5 Å². The molecule has 0 spiro atoms. The quantitative estimate of drug-likeness (QED) is 0.398. The Kier molecular flexibility index (Phi) is 9.54. The molecule has 1 unspecified atom stereocenters. The smallest absolute Gasteiger partial charge is 0.222 e. The molecule has 2 heterocycles. The summed E-state index contributed by atoms with van der Waals surface area (Å²) in [7, 11) is 0. The van der Waals surface area contributed by atoms with Gasteiger partial charge >= 0.3 is 0 Å². The molecule has 1 aromatic rings. The minimum absolute atomic E-state index is 0. The standard InChI is InChI=1S/C16H26N4OS.HI/c1-3-15(21)20-10-8-13(12-20)19-16(17-4-2)18-9-7-14-6-5-11-22-14;/h5-6,11,13H,3-4,7-10,12H2,1-2H3,(H2,17,18,19);1H. The first-order valence-electron chi connectivity index (χ1n) is 8.08. The number of hydrogen-bond donors (Lipinski definition) is 2. The lowest BCUT2D eigenvalue weighted by molar-refractivity contribution is -0.129. The van der Waals surface area contributed by atoms with E-state index < -0.39 is 0 Å². The van der Waals surface area contributed by atoms with Gasteiger partial charge in [0, 0.05) is 49.9 Å². The number of hydrogen-bond acceptors (Lipinski definition) is 3. The highest BCUT2D eigenvalue weighted by Crippen LogP contribution is 2.11. The zero-order chi connectivity index (χ0) is 15.8. The second-order valence-electron chi connectivity index (χ2n) is 5.41. The van der Waals surface area contributed by atoms with Crippen molar-refractivity contribution in [1.29, 1.82) is 0 Å². The lowest BCUT2D eigenvalue weighted by atomic mass is 10.3. The maximum Gasteiger partial charge on any atom is 0.222 e. The minimum atomic E-state index is 0.